The Morgan fingerprint density at radius 1 is 1.25 bits per heavy atom. The number of H-pyrrole nitrogens is 1. The Labute approximate surface area is 120 Å². The number of allylic oxidation sites excluding steroid dienone is 2. The van der Waals surface area contributed by atoms with Crippen LogP contribution in [-0.2, 0) is 0 Å². The van der Waals surface area contributed by atoms with Crippen LogP contribution in [0.15, 0.2) is 35.1 Å². The predicted octanol–water partition coefficient (Wildman–Crippen LogP) is 4.85. The number of rotatable bonds is 4. The van der Waals surface area contributed by atoms with Gasteiger partial charge in [-0.2, -0.15) is 0 Å². The number of aromatic nitrogens is 1. The van der Waals surface area contributed by atoms with Crippen molar-refractivity contribution in [2.45, 2.75) is 46.5 Å². The average molecular weight is 269 g/mol. The van der Waals surface area contributed by atoms with Gasteiger partial charge in [-0.05, 0) is 41.9 Å². The zero-order valence-electron chi connectivity index (χ0n) is 12.8. The van der Waals surface area contributed by atoms with Crippen LogP contribution in [0.25, 0.3) is 16.3 Å². The van der Waals surface area contributed by atoms with Gasteiger partial charge in [-0.1, -0.05) is 51.5 Å². The summed E-state index contributed by atoms with van der Waals surface area (Å²) in [5, 5.41) is 1.86. The van der Waals surface area contributed by atoms with Gasteiger partial charge in [0.15, 0.2) is 0 Å². The van der Waals surface area contributed by atoms with E-state index in [4.69, 9.17) is 0 Å². The van der Waals surface area contributed by atoms with Gasteiger partial charge in [0.25, 0.3) is 5.56 Å². The van der Waals surface area contributed by atoms with Crippen LogP contribution in [0.2, 0.25) is 0 Å². The first-order chi connectivity index (χ1) is 9.60. The molecular weight excluding hydrogens is 246 g/mol. The molecule has 0 aliphatic carbocycles. The topological polar surface area (TPSA) is 32.9 Å². The van der Waals surface area contributed by atoms with E-state index in [1.54, 1.807) is 0 Å². The summed E-state index contributed by atoms with van der Waals surface area (Å²) in [5.74, 6) is 0.374. The van der Waals surface area contributed by atoms with E-state index < -0.39 is 0 Å². The molecule has 0 amide bonds. The molecule has 0 saturated carbocycles. The zero-order chi connectivity index (χ0) is 14.7. The lowest BCUT2D eigenvalue weighted by atomic mass is 9.90. The molecule has 0 saturated heterocycles. The van der Waals surface area contributed by atoms with Crippen molar-refractivity contribution in [3.8, 4) is 0 Å². The minimum absolute atomic E-state index is 0.00968. The summed E-state index contributed by atoms with van der Waals surface area (Å²) in [6.45, 7) is 8.58. The van der Waals surface area contributed by atoms with Crippen LogP contribution in [0.4, 0.5) is 0 Å². The summed E-state index contributed by atoms with van der Waals surface area (Å²) in [7, 11) is 0. The lowest BCUT2D eigenvalue weighted by Gasteiger charge is -2.17. The van der Waals surface area contributed by atoms with E-state index >= 15 is 0 Å². The van der Waals surface area contributed by atoms with Gasteiger partial charge in [0, 0.05) is 11.1 Å². The van der Waals surface area contributed by atoms with E-state index in [-0.39, 0.29) is 5.56 Å². The second kappa shape index (κ2) is 6.08. The summed E-state index contributed by atoms with van der Waals surface area (Å²) < 4.78 is 0. The van der Waals surface area contributed by atoms with Crippen molar-refractivity contribution < 1.29 is 0 Å². The number of benzene rings is 1. The maximum atomic E-state index is 12.3. The van der Waals surface area contributed by atoms with Crippen molar-refractivity contribution in [3.63, 3.8) is 0 Å². The highest BCUT2D eigenvalue weighted by Crippen LogP contribution is 2.31. The Balaban J connectivity index is 2.84. The molecule has 2 aromatic rings. The van der Waals surface area contributed by atoms with Crippen LogP contribution in [-0.4, -0.2) is 4.98 Å². The normalized spacial score (nSPS) is 12.3. The minimum atomic E-state index is 0.00968. The predicted molar refractivity (Wildman–Crippen MR) is 87.2 cm³/mol. The number of pyridine rings is 1. The quantitative estimate of drug-likeness (QED) is 0.845. The highest BCUT2D eigenvalue weighted by atomic mass is 16.1. The number of hydrogen-bond donors (Lipinski definition) is 1. The van der Waals surface area contributed by atoms with Crippen LogP contribution in [0.3, 0.4) is 0 Å². The molecule has 2 rings (SSSR count). The third-order valence-electron chi connectivity index (χ3n) is 3.74. The Kier molecular flexibility index (Phi) is 4.43. The maximum absolute atomic E-state index is 12.3. The van der Waals surface area contributed by atoms with Crippen LogP contribution >= 0.6 is 0 Å². The molecule has 0 unspecified atom stereocenters. The molecule has 0 radical (unpaired) electrons. The standard InChI is InChI=1S/C18H23NO/c1-5-9-13(6-2)17-16(12(3)4)14-10-7-8-11-15(14)18(20)19-17/h6-8,10-12H,5,9H2,1-4H3,(H,19,20)/b13-6-. The van der Waals surface area contributed by atoms with Crippen LogP contribution in [0.1, 0.15) is 57.7 Å². The molecular formula is C18H23NO. The van der Waals surface area contributed by atoms with Crippen molar-refractivity contribution in [2.75, 3.05) is 0 Å². The number of nitrogens with one attached hydrogen (secondary N) is 1. The third-order valence-corrected chi connectivity index (χ3v) is 3.74. The van der Waals surface area contributed by atoms with Gasteiger partial charge >= 0.3 is 0 Å². The van der Waals surface area contributed by atoms with E-state index in [2.05, 4.69) is 37.9 Å². The smallest absolute Gasteiger partial charge is 0.256 e. The largest absolute Gasteiger partial charge is 0.321 e. The van der Waals surface area contributed by atoms with Crippen molar-refractivity contribution >= 4 is 16.3 Å². The maximum Gasteiger partial charge on any atom is 0.256 e. The van der Waals surface area contributed by atoms with Gasteiger partial charge in [0.2, 0.25) is 0 Å². The van der Waals surface area contributed by atoms with Crippen molar-refractivity contribution in [3.05, 3.63) is 52.0 Å². The second-order valence-corrected chi connectivity index (χ2v) is 5.51. The number of hydrogen-bond acceptors (Lipinski definition) is 1. The molecule has 1 aromatic heterocycles. The SMILES string of the molecule is C/C=C(/CCC)c1[nH]c(=O)c2ccccc2c1C(C)C. The molecule has 0 atom stereocenters. The van der Waals surface area contributed by atoms with Gasteiger partial charge in [0.1, 0.15) is 0 Å². The molecule has 106 valence electrons. The lowest BCUT2D eigenvalue weighted by molar-refractivity contribution is 0.854. The Morgan fingerprint density at radius 2 is 1.90 bits per heavy atom. The fourth-order valence-electron chi connectivity index (χ4n) is 2.83. The molecule has 0 bridgehead atoms. The van der Waals surface area contributed by atoms with Crippen molar-refractivity contribution in [1.82, 2.24) is 4.98 Å². The summed E-state index contributed by atoms with van der Waals surface area (Å²) in [5.41, 5.74) is 3.52. The van der Waals surface area contributed by atoms with Gasteiger partial charge in [-0.3, -0.25) is 4.79 Å². The molecule has 0 fully saturated rings. The molecule has 0 aliphatic rings. The molecule has 20 heavy (non-hydrogen) atoms. The van der Waals surface area contributed by atoms with E-state index in [1.165, 1.54) is 11.1 Å². The average Bonchev–Trinajstić information content (AvgIpc) is 2.44. The van der Waals surface area contributed by atoms with Crippen molar-refractivity contribution in [2.24, 2.45) is 0 Å². The van der Waals surface area contributed by atoms with Crippen LogP contribution < -0.4 is 5.56 Å². The zero-order valence-corrected chi connectivity index (χ0v) is 12.8. The Hall–Kier alpha value is -1.83. The van der Waals surface area contributed by atoms with Gasteiger partial charge in [-0.15, -0.1) is 0 Å². The molecule has 0 aliphatic heterocycles. The highest BCUT2D eigenvalue weighted by molar-refractivity contribution is 5.89. The summed E-state index contributed by atoms with van der Waals surface area (Å²) >= 11 is 0. The minimum Gasteiger partial charge on any atom is -0.321 e. The Morgan fingerprint density at radius 3 is 2.45 bits per heavy atom. The first-order valence-corrected chi connectivity index (χ1v) is 7.40. The molecule has 1 N–H and O–H groups in total. The fraction of sp³-hybridized carbons (Fsp3) is 0.389. The fourth-order valence-corrected chi connectivity index (χ4v) is 2.83. The summed E-state index contributed by atoms with van der Waals surface area (Å²) in [6, 6.07) is 7.89. The molecule has 1 heterocycles. The van der Waals surface area contributed by atoms with E-state index in [0.717, 1.165) is 29.3 Å². The summed E-state index contributed by atoms with van der Waals surface area (Å²) in [6.07, 6.45) is 4.19. The van der Waals surface area contributed by atoms with E-state index in [0.29, 0.717) is 5.92 Å². The van der Waals surface area contributed by atoms with Gasteiger partial charge < -0.3 is 4.98 Å². The molecule has 2 nitrogen and oxygen atoms in total. The third kappa shape index (κ3) is 2.55. The van der Waals surface area contributed by atoms with Gasteiger partial charge in [-0.25, -0.2) is 0 Å². The number of aromatic amines is 1. The lowest BCUT2D eigenvalue weighted by Crippen LogP contribution is -2.13. The second-order valence-electron chi connectivity index (χ2n) is 5.51. The highest BCUT2D eigenvalue weighted by Gasteiger charge is 2.16. The summed E-state index contributed by atoms with van der Waals surface area (Å²) in [4.78, 5) is 15.4. The molecule has 0 spiro atoms. The van der Waals surface area contributed by atoms with Gasteiger partial charge in [0.05, 0.1) is 0 Å². The monoisotopic (exact) mass is 269 g/mol. The Bertz CT molecular complexity index is 692. The number of fused-ring (bicyclic) bond motifs is 1. The van der Waals surface area contributed by atoms with Crippen LogP contribution in [0, 0.1) is 0 Å². The van der Waals surface area contributed by atoms with E-state index in [1.807, 2.05) is 25.1 Å². The molecule has 1 aromatic carbocycles. The van der Waals surface area contributed by atoms with Crippen LogP contribution in [0.5, 0.6) is 0 Å². The first-order valence-electron chi connectivity index (χ1n) is 7.40. The molecule has 2 heteroatoms. The first kappa shape index (κ1) is 14.6. The van der Waals surface area contributed by atoms with Crippen molar-refractivity contribution in [1.29, 1.82) is 0 Å². The van der Waals surface area contributed by atoms with E-state index in [9.17, 15) is 4.79 Å².